The van der Waals surface area contributed by atoms with Crippen LogP contribution in [0, 0.1) is 11.3 Å². The van der Waals surface area contributed by atoms with Crippen LogP contribution in [0.25, 0.3) is 5.57 Å². The van der Waals surface area contributed by atoms with E-state index >= 15 is 0 Å². The molecule has 0 amide bonds. The maximum absolute atomic E-state index is 11.0. The van der Waals surface area contributed by atoms with E-state index in [1.54, 1.807) is 20.3 Å². The highest BCUT2D eigenvalue weighted by atomic mass is 16.5. The van der Waals surface area contributed by atoms with Crippen molar-refractivity contribution in [2.24, 2.45) is 11.3 Å². The molecule has 4 heteroatoms. The third-order valence-corrected chi connectivity index (χ3v) is 5.04. The Balaban J connectivity index is 2.77. The van der Waals surface area contributed by atoms with Crippen LogP contribution in [0.3, 0.4) is 0 Å². The molecule has 0 radical (unpaired) electrons. The number of methoxy groups -OCH3 is 2. The zero-order valence-corrected chi connectivity index (χ0v) is 17.2. The fraction of sp³-hybridized carbons (Fsp3) is 0.545. The van der Waals surface area contributed by atoms with Gasteiger partial charge < -0.3 is 19.7 Å². The van der Waals surface area contributed by atoms with Crippen LogP contribution in [-0.2, 0) is 10.2 Å². The maximum Gasteiger partial charge on any atom is 0.127 e. The zero-order valence-electron chi connectivity index (χ0n) is 17.2. The number of phenols is 1. The SMILES string of the molecule is COC1=CC(c2cc(OC)cc(C(C)(C)C)c2O)=C(O)C(C(C)(C)C)C1. The summed E-state index contributed by atoms with van der Waals surface area (Å²) < 4.78 is 11.0. The summed E-state index contributed by atoms with van der Waals surface area (Å²) in [4.78, 5) is 0. The molecule has 0 fully saturated rings. The minimum atomic E-state index is -0.268. The molecule has 144 valence electrons. The molecule has 2 rings (SSSR count). The van der Waals surface area contributed by atoms with Gasteiger partial charge in [-0.05, 0) is 29.0 Å². The van der Waals surface area contributed by atoms with Crippen molar-refractivity contribution in [3.05, 3.63) is 40.9 Å². The minimum Gasteiger partial charge on any atom is -0.511 e. The number of aliphatic hydroxyl groups excluding tert-OH is 1. The van der Waals surface area contributed by atoms with Crippen molar-refractivity contribution in [2.45, 2.75) is 53.4 Å². The van der Waals surface area contributed by atoms with Crippen LogP contribution >= 0.6 is 0 Å². The van der Waals surface area contributed by atoms with Gasteiger partial charge in [-0.1, -0.05) is 41.5 Å². The van der Waals surface area contributed by atoms with Crippen molar-refractivity contribution in [2.75, 3.05) is 14.2 Å². The summed E-state index contributed by atoms with van der Waals surface area (Å²) in [6, 6.07) is 3.62. The first-order chi connectivity index (χ1) is 11.9. The molecule has 0 spiro atoms. The largest absolute Gasteiger partial charge is 0.511 e. The van der Waals surface area contributed by atoms with Crippen molar-refractivity contribution >= 4 is 5.57 Å². The number of rotatable bonds is 3. The van der Waals surface area contributed by atoms with Crippen LogP contribution in [-0.4, -0.2) is 24.4 Å². The predicted molar refractivity (Wildman–Crippen MR) is 106 cm³/mol. The molecule has 26 heavy (non-hydrogen) atoms. The molecular formula is C22H32O4. The molecule has 4 nitrogen and oxygen atoms in total. The van der Waals surface area contributed by atoms with Crippen molar-refractivity contribution in [3.63, 3.8) is 0 Å². The van der Waals surface area contributed by atoms with Crippen LogP contribution in [0.1, 0.15) is 59.1 Å². The Hall–Kier alpha value is -2.10. The highest BCUT2D eigenvalue weighted by Crippen LogP contribution is 2.47. The van der Waals surface area contributed by atoms with Gasteiger partial charge in [-0.25, -0.2) is 0 Å². The van der Waals surface area contributed by atoms with Crippen molar-refractivity contribution in [1.82, 2.24) is 0 Å². The maximum atomic E-state index is 11.0. The van der Waals surface area contributed by atoms with Gasteiger partial charge in [0.15, 0.2) is 0 Å². The number of aliphatic hydroxyl groups is 1. The van der Waals surface area contributed by atoms with E-state index in [2.05, 4.69) is 20.8 Å². The average Bonchev–Trinajstić information content (AvgIpc) is 2.53. The van der Waals surface area contributed by atoms with Crippen LogP contribution in [0.5, 0.6) is 11.5 Å². The lowest BCUT2D eigenvalue weighted by Gasteiger charge is -2.34. The molecule has 2 N–H and O–H groups in total. The molecule has 1 aromatic carbocycles. The molecule has 1 aliphatic carbocycles. The van der Waals surface area contributed by atoms with E-state index in [1.165, 1.54) is 0 Å². The predicted octanol–water partition coefficient (Wildman–Crippen LogP) is 5.56. The number of aromatic hydroxyl groups is 1. The normalized spacial score (nSPS) is 18.6. The third-order valence-electron chi connectivity index (χ3n) is 5.04. The second-order valence-electron chi connectivity index (χ2n) is 9.06. The highest BCUT2D eigenvalue weighted by Gasteiger charge is 2.35. The smallest absolute Gasteiger partial charge is 0.127 e. The summed E-state index contributed by atoms with van der Waals surface area (Å²) in [6.45, 7) is 12.4. The zero-order chi connectivity index (χ0) is 19.9. The molecule has 0 saturated heterocycles. The van der Waals surface area contributed by atoms with E-state index in [4.69, 9.17) is 9.47 Å². The number of hydrogen-bond donors (Lipinski definition) is 2. The van der Waals surface area contributed by atoms with Gasteiger partial charge in [0.25, 0.3) is 0 Å². The Bertz CT molecular complexity index is 743. The monoisotopic (exact) mass is 360 g/mol. The summed E-state index contributed by atoms with van der Waals surface area (Å²) >= 11 is 0. The average molecular weight is 360 g/mol. The number of ether oxygens (including phenoxy) is 2. The van der Waals surface area contributed by atoms with Crippen molar-refractivity contribution < 1.29 is 19.7 Å². The van der Waals surface area contributed by atoms with Gasteiger partial charge in [0.1, 0.15) is 17.3 Å². The van der Waals surface area contributed by atoms with Crippen LogP contribution in [0.15, 0.2) is 29.7 Å². The summed E-state index contributed by atoms with van der Waals surface area (Å²) in [5.41, 5.74) is 1.52. The van der Waals surface area contributed by atoms with E-state index < -0.39 is 0 Å². The molecule has 0 heterocycles. The van der Waals surface area contributed by atoms with Gasteiger partial charge in [-0.3, -0.25) is 0 Å². The summed E-state index contributed by atoms with van der Waals surface area (Å²) in [6.07, 6.45) is 2.45. The fourth-order valence-electron chi connectivity index (χ4n) is 3.36. The molecule has 0 aromatic heterocycles. The fourth-order valence-corrected chi connectivity index (χ4v) is 3.36. The minimum absolute atomic E-state index is 0.0962. The molecular weight excluding hydrogens is 328 g/mol. The number of phenolic OH excluding ortho intramolecular Hbond substituents is 1. The van der Waals surface area contributed by atoms with Crippen LogP contribution < -0.4 is 4.74 Å². The quantitative estimate of drug-likeness (QED) is 0.740. The van der Waals surface area contributed by atoms with E-state index in [0.717, 1.165) is 11.3 Å². The van der Waals surface area contributed by atoms with E-state index in [0.29, 0.717) is 23.3 Å². The van der Waals surface area contributed by atoms with E-state index in [1.807, 2.05) is 32.9 Å². The molecule has 1 atom stereocenters. The first-order valence-corrected chi connectivity index (χ1v) is 8.99. The number of benzene rings is 1. The van der Waals surface area contributed by atoms with Crippen LogP contribution in [0.4, 0.5) is 0 Å². The Kier molecular flexibility index (Phi) is 5.36. The topological polar surface area (TPSA) is 58.9 Å². The third kappa shape index (κ3) is 3.84. The Morgan fingerprint density at radius 3 is 2.04 bits per heavy atom. The van der Waals surface area contributed by atoms with Crippen molar-refractivity contribution in [1.29, 1.82) is 0 Å². The molecule has 0 aliphatic heterocycles. The summed E-state index contributed by atoms with van der Waals surface area (Å²) in [7, 11) is 3.24. The lowest BCUT2D eigenvalue weighted by molar-refractivity contribution is 0.166. The van der Waals surface area contributed by atoms with Gasteiger partial charge in [-0.2, -0.15) is 0 Å². The van der Waals surface area contributed by atoms with Gasteiger partial charge in [0.05, 0.1) is 20.0 Å². The molecule has 1 unspecified atom stereocenters. The number of hydrogen-bond acceptors (Lipinski definition) is 4. The standard InChI is InChI=1S/C22H32O4/c1-21(2,3)17-11-13(25-7)9-15(19(17)23)16-10-14(26-8)12-18(20(16)24)22(4,5)6/h9-11,18,23-24H,12H2,1-8H3. The van der Waals surface area contributed by atoms with E-state index in [-0.39, 0.29) is 28.3 Å². The molecule has 0 bridgehead atoms. The Labute approximate surface area is 157 Å². The van der Waals surface area contributed by atoms with Crippen LogP contribution in [0.2, 0.25) is 0 Å². The van der Waals surface area contributed by atoms with Crippen molar-refractivity contribution in [3.8, 4) is 11.5 Å². The summed E-state index contributed by atoms with van der Waals surface area (Å²) in [5.74, 6) is 1.79. The highest BCUT2D eigenvalue weighted by molar-refractivity contribution is 5.82. The summed E-state index contributed by atoms with van der Waals surface area (Å²) in [5, 5.41) is 22.0. The number of allylic oxidation sites excluding steroid dienone is 4. The van der Waals surface area contributed by atoms with E-state index in [9.17, 15) is 10.2 Å². The first kappa shape index (κ1) is 20.2. The Morgan fingerprint density at radius 1 is 0.962 bits per heavy atom. The Morgan fingerprint density at radius 2 is 1.58 bits per heavy atom. The first-order valence-electron chi connectivity index (χ1n) is 8.99. The lowest BCUT2D eigenvalue weighted by Crippen LogP contribution is -2.26. The van der Waals surface area contributed by atoms with Gasteiger partial charge in [0, 0.05) is 29.0 Å². The van der Waals surface area contributed by atoms with Gasteiger partial charge in [0.2, 0.25) is 0 Å². The molecule has 1 aliphatic rings. The lowest BCUT2D eigenvalue weighted by atomic mass is 9.73. The molecule has 1 aromatic rings. The molecule has 0 saturated carbocycles. The second-order valence-corrected chi connectivity index (χ2v) is 9.06. The van der Waals surface area contributed by atoms with Gasteiger partial charge in [-0.15, -0.1) is 0 Å². The second kappa shape index (κ2) is 6.90. The van der Waals surface area contributed by atoms with Gasteiger partial charge >= 0.3 is 0 Å².